The Kier molecular flexibility index (Phi) is 4.62. The highest BCUT2D eigenvalue weighted by Gasteiger charge is 2.30. The van der Waals surface area contributed by atoms with Crippen molar-refractivity contribution >= 4 is 28.5 Å². The number of carbonyl (C=O) groups is 1. The number of nitrogens with one attached hydrogen (secondary N) is 1. The zero-order chi connectivity index (χ0) is 16.2. The molecule has 1 N–H and O–H groups in total. The Morgan fingerprint density at radius 3 is 2.52 bits per heavy atom. The van der Waals surface area contributed by atoms with Crippen LogP contribution in [0, 0.1) is 5.82 Å². The number of methoxy groups -OCH3 is 1. The first-order chi connectivity index (χ1) is 11.1. The smallest absolute Gasteiger partial charge is 0.239 e. The molecule has 0 spiro atoms. The molecule has 2 aromatic rings. The molecule has 0 bridgehead atoms. The highest BCUT2D eigenvalue weighted by atomic mass is 32.2. The number of ether oxygens (including phenoxy) is 1. The fourth-order valence-corrected chi connectivity index (χ4v) is 3.23. The average Bonchev–Trinajstić information content (AvgIpc) is 2.90. The molecule has 2 aromatic carbocycles. The molecule has 0 unspecified atom stereocenters. The molecular formula is C17H15FN2O2S. The number of aliphatic imine (C=N–C) groups is 1. The number of benzene rings is 2. The lowest BCUT2D eigenvalue weighted by atomic mass is 10.1. The third kappa shape index (κ3) is 3.90. The normalized spacial score (nSPS) is 19.0. The van der Waals surface area contributed by atoms with Gasteiger partial charge < -0.3 is 10.1 Å². The second kappa shape index (κ2) is 6.83. The molecule has 0 saturated carbocycles. The summed E-state index contributed by atoms with van der Waals surface area (Å²) in [5.41, 5.74) is 1.67. The molecular weight excluding hydrogens is 315 g/mol. The molecule has 1 fully saturated rings. The van der Waals surface area contributed by atoms with Crippen LogP contribution in [0.2, 0.25) is 0 Å². The minimum atomic E-state index is -0.279. The number of halogens is 1. The van der Waals surface area contributed by atoms with Gasteiger partial charge in [-0.2, -0.15) is 0 Å². The third-order valence-corrected chi connectivity index (χ3v) is 4.50. The van der Waals surface area contributed by atoms with Gasteiger partial charge in [-0.25, -0.2) is 9.38 Å². The van der Waals surface area contributed by atoms with Crippen LogP contribution in [0.15, 0.2) is 53.5 Å². The first kappa shape index (κ1) is 15.6. The van der Waals surface area contributed by atoms with Crippen molar-refractivity contribution < 1.29 is 13.9 Å². The van der Waals surface area contributed by atoms with Crippen LogP contribution in [0.1, 0.15) is 5.56 Å². The number of hydrogen-bond donors (Lipinski definition) is 1. The van der Waals surface area contributed by atoms with E-state index in [0.29, 0.717) is 11.6 Å². The van der Waals surface area contributed by atoms with E-state index in [1.807, 2.05) is 24.3 Å². The molecule has 0 radical (unpaired) electrons. The van der Waals surface area contributed by atoms with Crippen LogP contribution in [0.3, 0.4) is 0 Å². The van der Waals surface area contributed by atoms with E-state index in [1.165, 1.54) is 23.9 Å². The summed E-state index contributed by atoms with van der Waals surface area (Å²) < 4.78 is 18.0. The van der Waals surface area contributed by atoms with Gasteiger partial charge in [0, 0.05) is 0 Å². The fourth-order valence-electron chi connectivity index (χ4n) is 2.20. The molecule has 1 saturated heterocycles. The number of amides is 1. The van der Waals surface area contributed by atoms with Crippen LogP contribution in [0.5, 0.6) is 5.75 Å². The fraction of sp³-hybridized carbons (Fsp3) is 0.176. The predicted molar refractivity (Wildman–Crippen MR) is 89.7 cm³/mol. The summed E-state index contributed by atoms with van der Waals surface area (Å²) in [6, 6.07) is 13.5. The largest absolute Gasteiger partial charge is 0.497 e. The molecule has 0 aromatic heterocycles. The number of thioether (sulfide) groups is 1. The molecule has 23 heavy (non-hydrogen) atoms. The van der Waals surface area contributed by atoms with Crippen LogP contribution in [0.4, 0.5) is 10.1 Å². The van der Waals surface area contributed by atoms with Crippen LogP contribution in [-0.4, -0.2) is 23.4 Å². The van der Waals surface area contributed by atoms with E-state index in [9.17, 15) is 9.18 Å². The number of nitrogens with zero attached hydrogens (tertiary/aromatic N) is 1. The van der Waals surface area contributed by atoms with Crippen molar-refractivity contribution in [2.75, 3.05) is 7.11 Å². The topological polar surface area (TPSA) is 50.7 Å². The quantitative estimate of drug-likeness (QED) is 0.936. The van der Waals surface area contributed by atoms with Gasteiger partial charge in [-0.3, -0.25) is 4.79 Å². The van der Waals surface area contributed by atoms with E-state index >= 15 is 0 Å². The number of rotatable bonds is 4. The van der Waals surface area contributed by atoms with Crippen molar-refractivity contribution in [1.82, 2.24) is 5.32 Å². The molecule has 1 amide bonds. The van der Waals surface area contributed by atoms with Gasteiger partial charge in [0.05, 0.1) is 18.0 Å². The van der Waals surface area contributed by atoms with Crippen molar-refractivity contribution in [2.45, 2.75) is 11.7 Å². The molecule has 118 valence electrons. The summed E-state index contributed by atoms with van der Waals surface area (Å²) in [7, 11) is 1.61. The average molecular weight is 330 g/mol. The Balaban J connectivity index is 1.68. The van der Waals surface area contributed by atoms with E-state index < -0.39 is 0 Å². The minimum Gasteiger partial charge on any atom is -0.497 e. The summed E-state index contributed by atoms with van der Waals surface area (Å²) >= 11 is 1.39. The molecule has 1 heterocycles. The van der Waals surface area contributed by atoms with E-state index in [2.05, 4.69) is 10.3 Å². The van der Waals surface area contributed by atoms with E-state index in [1.54, 1.807) is 19.2 Å². The highest BCUT2D eigenvalue weighted by molar-refractivity contribution is 8.15. The van der Waals surface area contributed by atoms with Crippen molar-refractivity contribution in [3.8, 4) is 5.75 Å². The summed E-state index contributed by atoms with van der Waals surface area (Å²) in [6.07, 6.45) is 0.540. The van der Waals surface area contributed by atoms with Gasteiger partial charge in [0.2, 0.25) is 5.91 Å². The Bertz CT molecular complexity index is 729. The molecule has 0 aliphatic carbocycles. The van der Waals surface area contributed by atoms with E-state index in [0.717, 1.165) is 17.0 Å². The maximum absolute atomic E-state index is 12.9. The maximum Gasteiger partial charge on any atom is 0.239 e. The van der Waals surface area contributed by atoms with E-state index in [4.69, 9.17) is 4.74 Å². The van der Waals surface area contributed by atoms with Crippen LogP contribution in [0.25, 0.3) is 0 Å². The van der Waals surface area contributed by atoms with Gasteiger partial charge in [-0.15, -0.1) is 0 Å². The highest BCUT2D eigenvalue weighted by Crippen LogP contribution is 2.26. The second-order valence-electron chi connectivity index (χ2n) is 5.04. The Morgan fingerprint density at radius 2 is 1.87 bits per heavy atom. The number of amidine groups is 1. The Morgan fingerprint density at radius 1 is 1.17 bits per heavy atom. The van der Waals surface area contributed by atoms with Gasteiger partial charge in [-0.05, 0) is 48.4 Å². The van der Waals surface area contributed by atoms with Gasteiger partial charge >= 0.3 is 0 Å². The standard InChI is InChI=1S/C17H15FN2O2S/c1-22-14-8-6-13(7-9-14)19-17-20-16(21)15(23-17)10-11-2-4-12(18)5-3-11/h2-9,15H,10H2,1H3,(H,19,20,21)/t15-/m0/s1. The van der Waals surface area contributed by atoms with E-state index in [-0.39, 0.29) is 17.0 Å². The number of carbonyl (C=O) groups excluding carboxylic acids is 1. The zero-order valence-electron chi connectivity index (χ0n) is 12.5. The number of hydrogen-bond acceptors (Lipinski definition) is 4. The molecule has 4 nitrogen and oxygen atoms in total. The molecule has 1 atom stereocenters. The van der Waals surface area contributed by atoms with Crippen molar-refractivity contribution in [3.63, 3.8) is 0 Å². The second-order valence-corrected chi connectivity index (χ2v) is 6.23. The Labute approximate surface area is 137 Å². The molecule has 1 aliphatic rings. The molecule has 1 aliphatic heterocycles. The Hall–Kier alpha value is -2.34. The monoisotopic (exact) mass is 330 g/mol. The van der Waals surface area contributed by atoms with Gasteiger partial charge in [0.15, 0.2) is 5.17 Å². The lowest BCUT2D eigenvalue weighted by Gasteiger charge is -2.05. The SMILES string of the molecule is COc1ccc(N=C2NC(=O)[C@H](Cc3ccc(F)cc3)S2)cc1. The predicted octanol–water partition coefficient (Wildman–Crippen LogP) is 3.30. The minimum absolute atomic E-state index is 0.0772. The van der Waals surface area contributed by atoms with Crippen LogP contribution >= 0.6 is 11.8 Å². The van der Waals surface area contributed by atoms with Gasteiger partial charge in [0.1, 0.15) is 11.6 Å². The van der Waals surface area contributed by atoms with Gasteiger partial charge in [0.25, 0.3) is 0 Å². The lowest BCUT2D eigenvalue weighted by molar-refractivity contribution is -0.118. The summed E-state index contributed by atoms with van der Waals surface area (Å²) in [6.45, 7) is 0. The summed E-state index contributed by atoms with van der Waals surface area (Å²) in [5.74, 6) is 0.400. The first-order valence-corrected chi connectivity index (χ1v) is 7.97. The van der Waals surface area contributed by atoms with Crippen molar-refractivity contribution in [2.24, 2.45) is 4.99 Å². The summed E-state index contributed by atoms with van der Waals surface area (Å²) in [5, 5.41) is 3.11. The third-order valence-electron chi connectivity index (χ3n) is 3.41. The van der Waals surface area contributed by atoms with Gasteiger partial charge in [-0.1, -0.05) is 23.9 Å². The lowest BCUT2D eigenvalue weighted by Crippen LogP contribution is -2.25. The first-order valence-electron chi connectivity index (χ1n) is 7.09. The maximum atomic E-state index is 12.9. The molecule has 3 rings (SSSR count). The van der Waals surface area contributed by atoms with Crippen LogP contribution in [-0.2, 0) is 11.2 Å². The van der Waals surface area contributed by atoms with Crippen molar-refractivity contribution in [3.05, 3.63) is 59.9 Å². The zero-order valence-corrected chi connectivity index (χ0v) is 13.3. The summed E-state index contributed by atoms with van der Waals surface area (Å²) in [4.78, 5) is 16.5. The van der Waals surface area contributed by atoms with Crippen LogP contribution < -0.4 is 10.1 Å². The molecule has 6 heteroatoms. The van der Waals surface area contributed by atoms with Crippen molar-refractivity contribution in [1.29, 1.82) is 0 Å².